The quantitative estimate of drug-likeness (QED) is 0.670. The lowest BCUT2D eigenvalue weighted by Gasteiger charge is -2.35. The van der Waals surface area contributed by atoms with E-state index in [4.69, 9.17) is 9.47 Å². The second-order valence-corrected chi connectivity index (χ2v) is 6.81. The second kappa shape index (κ2) is 7.90. The number of methoxy groups -OCH3 is 1. The first-order valence-electron chi connectivity index (χ1n) is 8.35. The molecule has 138 valence electrons. The van der Waals surface area contributed by atoms with Gasteiger partial charge in [0.25, 0.3) is 5.91 Å². The number of aromatic nitrogens is 2. The average molecular weight is 422 g/mol. The van der Waals surface area contributed by atoms with Crippen LogP contribution in [-0.2, 0) is 16.1 Å². The number of ether oxygens (including phenoxy) is 2. The van der Waals surface area contributed by atoms with E-state index in [1.165, 1.54) is 7.11 Å². The van der Waals surface area contributed by atoms with Gasteiger partial charge in [0.1, 0.15) is 5.69 Å². The zero-order valence-corrected chi connectivity index (χ0v) is 16.2. The molecule has 1 aliphatic heterocycles. The Hall–Kier alpha value is -2.35. The predicted molar refractivity (Wildman–Crippen MR) is 97.9 cm³/mol. The monoisotopic (exact) mass is 421 g/mol. The van der Waals surface area contributed by atoms with E-state index < -0.39 is 6.04 Å². The highest BCUT2D eigenvalue weighted by Gasteiger charge is 2.33. The van der Waals surface area contributed by atoms with E-state index in [2.05, 4.69) is 20.9 Å². The summed E-state index contributed by atoms with van der Waals surface area (Å²) >= 11 is 3.41. The SMILES string of the molecule is CCOC(=O)CC(c1ccc(OC)nc1)N1CCn2cc(Br)cc2C1=O. The van der Waals surface area contributed by atoms with Gasteiger partial charge in [-0.2, -0.15) is 0 Å². The van der Waals surface area contributed by atoms with Crippen LogP contribution in [0.1, 0.15) is 35.4 Å². The molecule has 8 heteroatoms. The number of hydrogen-bond donors (Lipinski definition) is 0. The Labute approximate surface area is 160 Å². The van der Waals surface area contributed by atoms with Gasteiger partial charge < -0.3 is 18.9 Å². The summed E-state index contributed by atoms with van der Waals surface area (Å²) in [5.74, 6) is 0.0155. The first-order valence-corrected chi connectivity index (χ1v) is 9.15. The molecule has 0 saturated heterocycles. The summed E-state index contributed by atoms with van der Waals surface area (Å²) in [4.78, 5) is 31.1. The van der Waals surface area contributed by atoms with E-state index >= 15 is 0 Å². The van der Waals surface area contributed by atoms with E-state index in [0.717, 1.165) is 10.0 Å². The number of fused-ring (bicyclic) bond motifs is 1. The Morgan fingerprint density at radius 2 is 2.19 bits per heavy atom. The average Bonchev–Trinajstić information content (AvgIpc) is 3.02. The second-order valence-electron chi connectivity index (χ2n) is 5.89. The molecule has 0 radical (unpaired) electrons. The molecule has 7 nitrogen and oxygen atoms in total. The fourth-order valence-electron chi connectivity index (χ4n) is 3.10. The number of rotatable bonds is 6. The van der Waals surface area contributed by atoms with Gasteiger partial charge >= 0.3 is 5.97 Å². The first kappa shape index (κ1) is 18.4. The highest BCUT2D eigenvalue weighted by Crippen LogP contribution is 2.30. The van der Waals surface area contributed by atoms with Crippen molar-refractivity contribution >= 4 is 27.8 Å². The number of hydrogen-bond acceptors (Lipinski definition) is 5. The number of pyridine rings is 1. The van der Waals surface area contributed by atoms with Crippen LogP contribution in [0.5, 0.6) is 5.88 Å². The fraction of sp³-hybridized carbons (Fsp3) is 0.389. The summed E-state index contributed by atoms with van der Waals surface area (Å²) in [6.45, 7) is 3.23. The number of amides is 1. The molecule has 0 saturated carbocycles. The van der Waals surface area contributed by atoms with Crippen molar-refractivity contribution in [2.75, 3.05) is 20.3 Å². The highest BCUT2D eigenvalue weighted by molar-refractivity contribution is 9.10. The van der Waals surface area contributed by atoms with Crippen LogP contribution in [0.3, 0.4) is 0 Å². The van der Waals surface area contributed by atoms with Gasteiger partial charge in [0.15, 0.2) is 0 Å². The summed E-state index contributed by atoms with van der Waals surface area (Å²) in [6, 6.07) is 4.90. The van der Waals surface area contributed by atoms with E-state index in [9.17, 15) is 9.59 Å². The number of carbonyl (C=O) groups excluding carboxylic acids is 2. The molecule has 1 atom stereocenters. The molecule has 2 aromatic heterocycles. The largest absolute Gasteiger partial charge is 0.481 e. The number of esters is 1. The molecule has 2 aromatic rings. The molecule has 3 rings (SSSR count). The molecule has 3 heterocycles. The molecule has 0 aliphatic carbocycles. The third-order valence-electron chi connectivity index (χ3n) is 4.32. The molecule has 1 aliphatic rings. The minimum absolute atomic E-state index is 0.0788. The zero-order chi connectivity index (χ0) is 18.7. The van der Waals surface area contributed by atoms with Gasteiger partial charge in [0, 0.05) is 36.0 Å². The highest BCUT2D eigenvalue weighted by atomic mass is 79.9. The van der Waals surface area contributed by atoms with Gasteiger partial charge in [-0.15, -0.1) is 0 Å². The van der Waals surface area contributed by atoms with Crippen molar-refractivity contribution in [1.29, 1.82) is 0 Å². The van der Waals surface area contributed by atoms with Crippen molar-refractivity contribution < 1.29 is 19.1 Å². The molecule has 0 fully saturated rings. The van der Waals surface area contributed by atoms with Crippen LogP contribution in [0.2, 0.25) is 0 Å². The summed E-state index contributed by atoms with van der Waals surface area (Å²) in [7, 11) is 1.54. The summed E-state index contributed by atoms with van der Waals surface area (Å²) in [6.07, 6.45) is 3.61. The Morgan fingerprint density at radius 1 is 1.38 bits per heavy atom. The third-order valence-corrected chi connectivity index (χ3v) is 4.75. The zero-order valence-electron chi connectivity index (χ0n) is 14.6. The standard InChI is InChI=1S/C18H20BrN3O4/c1-3-26-17(23)9-14(12-4-5-16(25-2)20-10-12)22-7-6-21-11-13(19)8-15(21)18(22)24/h4-5,8,10-11,14H,3,6-7,9H2,1-2H3. The van der Waals surface area contributed by atoms with Crippen LogP contribution < -0.4 is 4.74 Å². The Balaban J connectivity index is 1.92. The van der Waals surface area contributed by atoms with Crippen molar-refractivity contribution in [3.63, 3.8) is 0 Å². The number of nitrogens with zero attached hydrogens (tertiary/aromatic N) is 3. The van der Waals surface area contributed by atoms with Gasteiger partial charge in [-0.1, -0.05) is 6.07 Å². The fourth-order valence-corrected chi connectivity index (χ4v) is 3.56. The summed E-state index contributed by atoms with van der Waals surface area (Å²) in [5.41, 5.74) is 1.37. The van der Waals surface area contributed by atoms with E-state index in [0.29, 0.717) is 31.3 Å². The van der Waals surface area contributed by atoms with E-state index in [1.54, 1.807) is 30.2 Å². The lowest BCUT2D eigenvalue weighted by atomic mass is 10.0. The molecule has 0 spiro atoms. The van der Waals surface area contributed by atoms with Crippen molar-refractivity contribution in [2.45, 2.75) is 25.9 Å². The Kier molecular flexibility index (Phi) is 5.61. The van der Waals surface area contributed by atoms with Crippen LogP contribution in [0, 0.1) is 0 Å². The topological polar surface area (TPSA) is 73.7 Å². The predicted octanol–water partition coefficient (Wildman–Crippen LogP) is 2.80. The maximum absolute atomic E-state index is 13.0. The summed E-state index contributed by atoms with van der Waals surface area (Å²) < 4.78 is 13.0. The normalized spacial score (nSPS) is 14.7. The minimum Gasteiger partial charge on any atom is -0.481 e. The molecular formula is C18H20BrN3O4. The van der Waals surface area contributed by atoms with Gasteiger partial charge in [-0.3, -0.25) is 9.59 Å². The Bertz CT molecular complexity index is 803. The van der Waals surface area contributed by atoms with Crippen molar-refractivity contribution in [2.24, 2.45) is 0 Å². The maximum Gasteiger partial charge on any atom is 0.308 e. The Morgan fingerprint density at radius 3 is 2.85 bits per heavy atom. The number of halogens is 1. The van der Waals surface area contributed by atoms with Gasteiger partial charge in [-0.05, 0) is 34.5 Å². The van der Waals surface area contributed by atoms with E-state index in [1.807, 2.05) is 16.8 Å². The molecule has 0 N–H and O–H groups in total. The minimum atomic E-state index is -0.442. The van der Waals surface area contributed by atoms with Gasteiger partial charge in [0.2, 0.25) is 5.88 Å². The van der Waals surface area contributed by atoms with Crippen LogP contribution in [0.25, 0.3) is 0 Å². The molecule has 0 aromatic carbocycles. The van der Waals surface area contributed by atoms with Gasteiger partial charge in [-0.25, -0.2) is 4.98 Å². The molecule has 1 amide bonds. The first-order chi connectivity index (χ1) is 12.5. The lowest BCUT2D eigenvalue weighted by Crippen LogP contribution is -2.43. The van der Waals surface area contributed by atoms with Crippen LogP contribution >= 0.6 is 15.9 Å². The van der Waals surface area contributed by atoms with Crippen LogP contribution in [-0.4, -0.2) is 46.6 Å². The molecule has 0 bridgehead atoms. The van der Waals surface area contributed by atoms with Gasteiger partial charge in [0.05, 0.1) is 26.2 Å². The van der Waals surface area contributed by atoms with E-state index in [-0.39, 0.29) is 18.3 Å². The maximum atomic E-state index is 13.0. The smallest absolute Gasteiger partial charge is 0.308 e. The number of carbonyl (C=O) groups is 2. The van der Waals surface area contributed by atoms with Crippen LogP contribution in [0.15, 0.2) is 35.1 Å². The summed E-state index contributed by atoms with van der Waals surface area (Å²) in [5, 5.41) is 0. The molecule has 26 heavy (non-hydrogen) atoms. The lowest BCUT2D eigenvalue weighted by molar-refractivity contribution is -0.144. The van der Waals surface area contributed by atoms with Crippen molar-refractivity contribution in [3.05, 3.63) is 46.3 Å². The van der Waals surface area contributed by atoms with Crippen molar-refractivity contribution in [3.8, 4) is 5.88 Å². The molecule has 1 unspecified atom stereocenters. The van der Waals surface area contributed by atoms with Crippen LogP contribution in [0.4, 0.5) is 0 Å². The molecular weight excluding hydrogens is 402 g/mol. The third kappa shape index (κ3) is 3.75. The van der Waals surface area contributed by atoms with Crippen molar-refractivity contribution in [1.82, 2.24) is 14.5 Å².